The largest absolute Gasteiger partial charge is 0.442 e. The summed E-state index contributed by atoms with van der Waals surface area (Å²) in [4.78, 5) is 27.6. The summed E-state index contributed by atoms with van der Waals surface area (Å²) in [6.07, 6.45) is -0.797. The highest BCUT2D eigenvalue weighted by atomic mass is 32.2. The van der Waals surface area contributed by atoms with Gasteiger partial charge < -0.3 is 14.8 Å². The van der Waals surface area contributed by atoms with E-state index in [9.17, 15) is 18.0 Å². The van der Waals surface area contributed by atoms with Gasteiger partial charge in [0.2, 0.25) is 5.91 Å². The molecule has 0 aliphatic carbocycles. The number of amides is 2. The van der Waals surface area contributed by atoms with Crippen LogP contribution in [0.4, 0.5) is 4.79 Å². The molecule has 2 amide bonds. The van der Waals surface area contributed by atoms with Crippen molar-refractivity contribution >= 4 is 22.1 Å². The highest BCUT2D eigenvalue weighted by molar-refractivity contribution is 7.86. The first-order valence-corrected chi connectivity index (χ1v) is 10.3. The lowest BCUT2D eigenvalue weighted by atomic mass is 10.2. The fourth-order valence-corrected chi connectivity index (χ4v) is 2.74. The molecule has 0 aliphatic heterocycles. The predicted molar refractivity (Wildman–Crippen MR) is 103 cm³/mol. The van der Waals surface area contributed by atoms with Crippen molar-refractivity contribution in [3.63, 3.8) is 0 Å². The highest BCUT2D eigenvalue weighted by Gasteiger charge is 2.16. The molecule has 1 aromatic carbocycles. The molecule has 0 atom stereocenters. The van der Waals surface area contributed by atoms with Crippen LogP contribution in [0.25, 0.3) is 0 Å². The molecule has 164 valence electrons. The average Bonchev–Trinajstić information content (AvgIpc) is 2.59. The van der Waals surface area contributed by atoms with E-state index in [-0.39, 0.29) is 31.3 Å². The Morgan fingerprint density at radius 3 is 2.31 bits per heavy atom. The second-order valence-electron chi connectivity index (χ2n) is 6.94. The minimum absolute atomic E-state index is 0.0393. The van der Waals surface area contributed by atoms with Crippen LogP contribution in [0.5, 0.6) is 0 Å². The summed E-state index contributed by atoms with van der Waals surface area (Å²) < 4.78 is 38.9. The number of ether oxygens (including phenoxy) is 2. The van der Waals surface area contributed by atoms with Gasteiger partial charge in [0.05, 0.1) is 24.7 Å². The fraction of sp³-hybridized carbons (Fsp3) is 0.556. The number of hydrogen-bond acceptors (Lipinski definition) is 8. The van der Waals surface area contributed by atoms with E-state index in [4.69, 9.17) is 18.5 Å². The standard InChI is InChI=1S/C18H28N2O8S/c1-14-5-7-15(8-6-14)29(23,24)27-12-11-25-10-9-19-16(21)13-26-20-17(22)28-18(2,3)4/h5-8H,9-13H2,1-4H3,(H,19,21)(H,20,22). The van der Waals surface area contributed by atoms with Gasteiger partial charge in [-0.15, -0.1) is 0 Å². The van der Waals surface area contributed by atoms with Crippen molar-refractivity contribution in [1.29, 1.82) is 0 Å². The monoisotopic (exact) mass is 432 g/mol. The van der Waals surface area contributed by atoms with E-state index < -0.39 is 34.3 Å². The minimum atomic E-state index is -3.82. The third-order valence-corrected chi connectivity index (χ3v) is 4.43. The third kappa shape index (κ3) is 11.4. The second-order valence-corrected chi connectivity index (χ2v) is 8.56. The van der Waals surface area contributed by atoms with Crippen molar-refractivity contribution in [2.75, 3.05) is 33.0 Å². The molecule has 0 bridgehead atoms. The molecule has 0 unspecified atom stereocenters. The van der Waals surface area contributed by atoms with Crippen molar-refractivity contribution in [3.05, 3.63) is 29.8 Å². The van der Waals surface area contributed by atoms with Crippen molar-refractivity contribution in [3.8, 4) is 0 Å². The van der Waals surface area contributed by atoms with E-state index in [0.717, 1.165) is 5.56 Å². The van der Waals surface area contributed by atoms with Gasteiger partial charge in [-0.25, -0.2) is 4.79 Å². The fourth-order valence-electron chi connectivity index (χ4n) is 1.85. The van der Waals surface area contributed by atoms with Crippen LogP contribution in [0, 0.1) is 6.92 Å². The zero-order chi connectivity index (χ0) is 21.9. The van der Waals surface area contributed by atoms with Crippen LogP contribution in [-0.4, -0.2) is 59.0 Å². The van der Waals surface area contributed by atoms with Gasteiger partial charge in [-0.05, 0) is 39.8 Å². The SMILES string of the molecule is Cc1ccc(S(=O)(=O)OCCOCCNC(=O)CONC(=O)OC(C)(C)C)cc1. The molecule has 0 saturated heterocycles. The van der Waals surface area contributed by atoms with Crippen molar-refractivity contribution in [2.24, 2.45) is 0 Å². The number of hydrogen-bond donors (Lipinski definition) is 2. The van der Waals surface area contributed by atoms with Crippen LogP contribution in [0.3, 0.4) is 0 Å². The van der Waals surface area contributed by atoms with E-state index in [1.165, 1.54) is 12.1 Å². The Morgan fingerprint density at radius 2 is 1.69 bits per heavy atom. The Bertz CT molecular complexity index is 757. The molecule has 0 spiro atoms. The van der Waals surface area contributed by atoms with E-state index >= 15 is 0 Å². The molecule has 11 heteroatoms. The van der Waals surface area contributed by atoms with Gasteiger partial charge in [-0.3, -0.25) is 13.8 Å². The van der Waals surface area contributed by atoms with Crippen LogP contribution >= 0.6 is 0 Å². The third-order valence-electron chi connectivity index (χ3n) is 3.10. The van der Waals surface area contributed by atoms with E-state index in [0.29, 0.717) is 0 Å². The number of carbonyl (C=O) groups is 2. The molecule has 0 fully saturated rings. The maximum absolute atomic E-state index is 12.0. The zero-order valence-corrected chi connectivity index (χ0v) is 17.8. The maximum atomic E-state index is 12.0. The Kier molecular flexibility index (Phi) is 10.0. The lowest BCUT2D eigenvalue weighted by Crippen LogP contribution is -2.37. The number of hydroxylamine groups is 1. The van der Waals surface area contributed by atoms with Crippen molar-refractivity contribution in [1.82, 2.24) is 10.8 Å². The van der Waals surface area contributed by atoms with Crippen LogP contribution in [0.1, 0.15) is 26.3 Å². The van der Waals surface area contributed by atoms with Gasteiger partial charge in [-0.2, -0.15) is 13.9 Å². The van der Waals surface area contributed by atoms with Gasteiger partial charge in [0.25, 0.3) is 10.1 Å². The first kappa shape index (κ1) is 24.8. The second kappa shape index (κ2) is 11.7. The Balaban J connectivity index is 2.08. The molecule has 1 rings (SSSR count). The number of benzene rings is 1. The molecule has 1 aromatic rings. The van der Waals surface area contributed by atoms with E-state index in [1.54, 1.807) is 32.9 Å². The quantitative estimate of drug-likeness (QED) is 0.304. The Labute approximate surface area is 170 Å². The van der Waals surface area contributed by atoms with Crippen LogP contribution in [-0.2, 0) is 33.4 Å². The van der Waals surface area contributed by atoms with Gasteiger partial charge in [0.1, 0.15) is 5.60 Å². The zero-order valence-electron chi connectivity index (χ0n) is 17.0. The van der Waals surface area contributed by atoms with E-state index in [1.807, 2.05) is 12.4 Å². The molecule has 2 N–H and O–H groups in total. The molecular formula is C18H28N2O8S. The number of rotatable bonds is 11. The molecule has 0 aliphatic rings. The molecule has 0 radical (unpaired) electrons. The summed E-state index contributed by atoms with van der Waals surface area (Å²) in [5.74, 6) is -0.470. The first-order chi connectivity index (χ1) is 13.5. The topological polar surface area (TPSA) is 129 Å². The summed E-state index contributed by atoms with van der Waals surface area (Å²) in [5, 5.41) is 2.50. The summed E-state index contributed by atoms with van der Waals surface area (Å²) in [6.45, 7) is 6.78. The smallest absolute Gasteiger partial charge is 0.431 e. The predicted octanol–water partition coefficient (Wildman–Crippen LogP) is 1.29. The van der Waals surface area contributed by atoms with Crippen LogP contribution in [0.2, 0.25) is 0 Å². The van der Waals surface area contributed by atoms with Crippen molar-refractivity contribution in [2.45, 2.75) is 38.2 Å². The first-order valence-electron chi connectivity index (χ1n) is 8.91. The lowest BCUT2D eigenvalue weighted by Gasteiger charge is -2.19. The highest BCUT2D eigenvalue weighted by Crippen LogP contribution is 2.12. The average molecular weight is 432 g/mol. The van der Waals surface area contributed by atoms with Gasteiger partial charge in [0.15, 0.2) is 6.61 Å². The molecule has 0 aromatic heterocycles. The van der Waals surface area contributed by atoms with Gasteiger partial charge >= 0.3 is 6.09 Å². The summed E-state index contributed by atoms with van der Waals surface area (Å²) in [6, 6.07) is 6.31. The summed E-state index contributed by atoms with van der Waals surface area (Å²) in [7, 11) is -3.82. The molecule has 29 heavy (non-hydrogen) atoms. The minimum Gasteiger partial charge on any atom is -0.442 e. The molecule has 10 nitrogen and oxygen atoms in total. The maximum Gasteiger partial charge on any atom is 0.431 e. The molecular weight excluding hydrogens is 404 g/mol. The normalized spacial score (nSPS) is 11.7. The summed E-state index contributed by atoms with van der Waals surface area (Å²) in [5.41, 5.74) is 2.27. The summed E-state index contributed by atoms with van der Waals surface area (Å²) >= 11 is 0. The Hall–Kier alpha value is -2.21. The van der Waals surface area contributed by atoms with Crippen molar-refractivity contribution < 1.29 is 36.5 Å². The number of nitrogens with one attached hydrogen (secondary N) is 2. The molecule has 0 saturated carbocycles. The molecule has 0 heterocycles. The van der Waals surface area contributed by atoms with Crippen LogP contribution in [0.15, 0.2) is 29.2 Å². The van der Waals surface area contributed by atoms with Crippen LogP contribution < -0.4 is 10.8 Å². The van der Waals surface area contributed by atoms with E-state index in [2.05, 4.69) is 5.32 Å². The van der Waals surface area contributed by atoms with Gasteiger partial charge in [-0.1, -0.05) is 17.7 Å². The van der Waals surface area contributed by atoms with Gasteiger partial charge in [0, 0.05) is 6.54 Å². The Morgan fingerprint density at radius 1 is 1.03 bits per heavy atom. The number of aryl methyl sites for hydroxylation is 1. The lowest BCUT2D eigenvalue weighted by molar-refractivity contribution is -0.128. The number of carbonyl (C=O) groups excluding carboxylic acids is 2.